The molecule has 0 heterocycles. The Bertz CT molecular complexity index is 984. The highest BCUT2D eigenvalue weighted by Gasteiger charge is 2.29. The Kier molecular flexibility index (Phi) is 6.44. The topological polar surface area (TPSA) is 30.8 Å². The molecule has 0 fully saturated rings. The number of hydrogen-bond acceptors (Lipinski definition) is 3. The van der Waals surface area contributed by atoms with Gasteiger partial charge in [-0.2, -0.15) is 13.2 Å². The van der Waals surface area contributed by atoms with Gasteiger partial charge in [0.25, 0.3) is 0 Å². The van der Waals surface area contributed by atoms with Gasteiger partial charge in [-0.15, -0.1) is 0 Å². The first kappa shape index (κ1) is 20.7. The number of para-hydroxylation sites is 1. The van der Waals surface area contributed by atoms with Crippen LogP contribution in [0.4, 0.5) is 13.2 Å². The Morgan fingerprint density at radius 3 is 2.21 bits per heavy atom. The summed E-state index contributed by atoms with van der Waals surface area (Å²) in [7, 11) is 1.45. The number of benzene rings is 3. The number of alkyl halides is 3. The lowest BCUT2D eigenvalue weighted by molar-refractivity contribution is -0.137. The third-order valence-electron chi connectivity index (χ3n) is 4.12. The van der Waals surface area contributed by atoms with Crippen molar-refractivity contribution in [2.45, 2.75) is 12.8 Å². The fourth-order valence-corrected chi connectivity index (χ4v) is 2.82. The third kappa shape index (κ3) is 5.29. The molecule has 0 amide bonds. The van der Waals surface area contributed by atoms with Crippen LogP contribution in [0.25, 0.3) is 0 Å². The maximum atomic E-state index is 12.7. The molecule has 3 nitrogen and oxygen atoms in total. The lowest BCUT2D eigenvalue weighted by Crippen LogP contribution is -2.08. The second-order valence-electron chi connectivity index (χ2n) is 6.11. The van der Waals surface area contributed by atoms with Gasteiger partial charge in [0.1, 0.15) is 25.2 Å². The van der Waals surface area contributed by atoms with Crippen LogP contribution in [-0.2, 0) is 17.6 Å². The number of nitrogens with zero attached hydrogens (tertiary/aromatic N) is 1. The van der Waals surface area contributed by atoms with Crippen LogP contribution in [0.1, 0.15) is 22.3 Å². The lowest BCUT2D eigenvalue weighted by atomic mass is 10.0. The summed E-state index contributed by atoms with van der Waals surface area (Å²) in [6, 6.07) is 19.2. The third-order valence-corrected chi connectivity index (χ3v) is 4.37. The van der Waals surface area contributed by atoms with Gasteiger partial charge >= 0.3 is 6.18 Å². The van der Waals surface area contributed by atoms with Crippen molar-refractivity contribution in [1.29, 1.82) is 0 Å². The molecule has 7 heteroatoms. The van der Waals surface area contributed by atoms with Gasteiger partial charge in [-0.05, 0) is 42.0 Å². The summed E-state index contributed by atoms with van der Waals surface area (Å²) in [6.07, 6.45) is -4.36. The predicted molar refractivity (Wildman–Crippen MR) is 106 cm³/mol. The molecule has 0 saturated carbocycles. The van der Waals surface area contributed by atoms with E-state index in [1.165, 1.54) is 19.2 Å². The van der Waals surface area contributed by atoms with Gasteiger partial charge < -0.3 is 9.57 Å². The van der Waals surface area contributed by atoms with Crippen molar-refractivity contribution in [2.24, 2.45) is 5.16 Å². The van der Waals surface area contributed by atoms with Crippen molar-refractivity contribution in [3.05, 3.63) is 100 Å². The minimum atomic E-state index is -4.36. The van der Waals surface area contributed by atoms with Crippen molar-refractivity contribution in [1.82, 2.24) is 0 Å². The highest BCUT2D eigenvalue weighted by Crippen LogP contribution is 2.29. The minimum absolute atomic E-state index is 0.107. The molecule has 0 aliphatic carbocycles. The van der Waals surface area contributed by atoms with E-state index in [4.69, 9.17) is 21.2 Å². The van der Waals surface area contributed by atoms with E-state index in [-0.39, 0.29) is 6.61 Å². The second-order valence-corrected chi connectivity index (χ2v) is 6.55. The molecule has 0 saturated heterocycles. The van der Waals surface area contributed by atoms with Gasteiger partial charge in [0, 0.05) is 16.1 Å². The van der Waals surface area contributed by atoms with Crippen molar-refractivity contribution in [2.75, 3.05) is 7.11 Å². The summed E-state index contributed by atoms with van der Waals surface area (Å²) in [5.74, 6) is 0.526. The molecule has 0 aliphatic heterocycles. The average Bonchev–Trinajstić information content (AvgIpc) is 2.71. The van der Waals surface area contributed by atoms with Crippen LogP contribution < -0.4 is 4.74 Å². The Balaban J connectivity index is 1.84. The molecule has 0 aliphatic rings. The van der Waals surface area contributed by atoms with E-state index in [2.05, 4.69) is 5.16 Å². The van der Waals surface area contributed by atoms with E-state index in [9.17, 15) is 13.2 Å². The van der Waals surface area contributed by atoms with Crippen molar-refractivity contribution >= 4 is 17.3 Å². The molecule has 0 unspecified atom stereocenters. The first-order valence-electron chi connectivity index (χ1n) is 8.64. The summed E-state index contributed by atoms with van der Waals surface area (Å²) >= 11 is 5.96. The van der Waals surface area contributed by atoms with Gasteiger partial charge in [0.2, 0.25) is 0 Å². The summed E-state index contributed by atoms with van der Waals surface area (Å²) in [6.45, 7) is 0.107. The van der Waals surface area contributed by atoms with Crippen molar-refractivity contribution in [3.8, 4) is 5.75 Å². The van der Waals surface area contributed by atoms with E-state index in [1.54, 1.807) is 24.3 Å². The minimum Gasteiger partial charge on any atom is -0.488 e. The normalized spacial score (nSPS) is 12.0. The zero-order valence-corrected chi connectivity index (χ0v) is 16.2. The van der Waals surface area contributed by atoms with E-state index >= 15 is 0 Å². The van der Waals surface area contributed by atoms with Crippen molar-refractivity contribution in [3.63, 3.8) is 0 Å². The number of oxime groups is 1. The second kappa shape index (κ2) is 9.01. The van der Waals surface area contributed by atoms with Crippen LogP contribution in [0.15, 0.2) is 78.0 Å². The van der Waals surface area contributed by atoms with Crippen LogP contribution in [0.2, 0.25) is 5.02 Å². The quantitative estimate of drug-likeness (QED) is 0.345. The van der Waals surface area contributed by atoms with Crippen LogP contribution in [0, 0.1) is 0 Å². The Morgan fingerprint density at radius 2 is 1.59 bits per heavy atom. The monoisotopic (exact) mass is 419 g/mol. The molecule has 3 aromatic carbocycles. The smallest absolute Gasteiger partial charge is 0.416 e. The average molecular weight is 420 g/mol. The predicted octanol–water partition coefficient (Wildman–Crippen LogP) is 6.34. The zero-order valence-electron chi connectivity index (χ0n) is 15.4. The highest BCUT2D eigenvalue weighted by atomic mass is 35.5. The van der Waals surface area contributed by atoms with E-state index in [0.29, 0.717) is 27.6 Å². The number of hydrogen-bond donors (Lipinski definition) is 0. The number of halogens is 4. The fraction of sp³-hybridized carbons (Fsp3) is 0.136. The van der Waals surface area contributed by atoms with Gasteiger partial charge in [-0.3, -0.25) is 0 Å². The van der Waals surface area contributed by atoms with Gasteiger partial charge in [-0.1, -0.05) is 53.2 Å². The number of rotatable bonds is 6. The molecule has 0 aromatic heterocycles. The van der Waals surface area contributed by atoms with Crippen LogP contribution in [-0.4, -0.2) is 12.8 Å². The highest BCUT2D eigenvalue weighted by molar-refractivity contribution is 6.30. The van der Waals surface area contributed by atoms with Crippen LogP contribution in [0.5, 0.6) is 5.75 Å². The van der Waals surface area contributed by atoms with E-state index in [0.717, 1.165) is 17.7 Å². The standard InChI is InChI=1S/C22H17ClF3NO2/c1-28-27-21(16-8-12-18(23)13-9-16)19-4-2-3-5-20(19)29-14-15-6-10-17(11-7-15)22(24,25)26/h2-13H,14H2,1H3/b27-21-. The summed E-state index contributed by atoms with van der Waals surface area (Å²) < 4.78 is 44.0. The zero-order chi connectivity index (χ0) is 20.9. The molecule has 0 radical (unpaired) electrons. The SMILES string of the molecule is CO/N=C(/c1ccc(Cl)cc1)c1ccccc1OCc1ccc(C(F)(F)F)cc1. The number of ether oxygens (including phenoxy) is 1. The van der Waals surface area contributed by atoms with Gasteiger partial charge in [-0.25, -0.2) is 0 Å². The molecule has 0 atom stereocenters. The summed E-state index contributed by atoms with van der Waals surface area (Å²) in [5, 5.41) is 4.71. The maximum Gasteiger partial charge on any atom is 0.416 e. The van der Waals surface area contributed by atoms with E-state index < -0.39 is 11.7 Å². The molecule has 3 aromatic rings. The van der Waals surface area contributed by atoms with Crippen LogP contribution >= 0.6 is 11.6 Å². The molecule has 0 bridgehead atoms. The van der Waals surface area contributed by atoms with Gasteiger partial charge in [0.05, 0.1) is 5.56 Å². The fourth-order valence-electron chi connectivity index (χ4n) is 2.70. The Morgan fingerprint density at radius 1 is 0.931 bits per heavy atom. The molecule has 0 spiro atoms. The molecular formula is C22H17ClF3NO2. The van der Waals surface area contributed by atoms with Gasteiger partial charge in [0.15, 0.2) is 0 Å². The maximum absolute atomic E-state index is 12.7. The molecule has 150 valence electrons. The molecule has 0 N–H and O–H groups in total. The molecular weight excluding hydrogens is 403 g/mol. The Hall–Kier alpha value is -2.99. The molecule has 29 heavy (non-hydrogen) atoms. The Labute approximate surface area is 171 Å². The molecule has 3 rings (SSSR count). The van der Waals surface area contributed by atoms with Crippen molar-refractivity contribution < 1.29 is 22.7 Å². The summed E-state index contributed by atoms with van der Waals surface area (Å²) in [4.78, 5) is 5.00. The summed E-state index contributed by atoms with van der Waals surface area (Å²) in [5.41, 5.74) is 1.93. The largest absolute Gasteiger partial charge is 0.488 e. The first-order chi connectivity index (χ1) is 13.9. The lowest BCUT2D eigenvalue weighted by Gasteiger charge is -2.14. The van der Waals surface area contributed by atoms with Crippen LogP contribution in [0.3, 0.4) is 0 Å². The first-order valence-corrected chi connectivity index (χ1v) is 9.01. The van der Waals surface area contributed by atoms with E-state index in [1.807, 2.05) is 24.3 Å².